The Morgan fingerprint density at radius 3 is 2.37 bits per heavy atom. The van der Waals surface area contributed by atoms with Gasteiger partial charge in [0.1, 0.15) is 0 Å². The minimum atomic E-state index is -0.0362. The van der Waals surface area contributed by atoms with E-state index in [0.717, 1.165) is 26.2 Å². The van der Waals surface area contributed by atoms with E-state index in [-0.39, 0.29) is 23.8 Å². The highest BCUT2D eigenvalue weighted by atomic mass is 16.2. The molecule has 2 amide bonds. The van der Waals surface area contributed by atoms with Crippen molar-refractivity contribution in [1.29, 1.82) is 0 Å². The van der Waals surface area contributed by atoms with Crippen molar-refractivity contribution >= 4 is 11.8 Å². The molecular formula is C14H27N3O2. The molecule has 0 radical (unpaired) electrons. The van der Waals surface area contributed by atoms with Crippen LogP contribution >= 0.6 is 0 Å². The Bertz CT molecular complexity index is 317. The molecule has 19 heavy (non-hydrogen) atoms. The van der Waals surface area contributed by atoms with E-state index in [2.05, 4.69) is 38.3 Å². The maximum Gasteiger partial charge on any atom is 0.242 e. The molecule has 1 fully saturated rings. The highest BCUT2D eigenvalue weighted by Gasteiger charge is 2.23. The van der Waals surface area contributed by atoms with Gasteiger partial charge >= 0.3 is 0 Å². The number of nitrogens with one attached hydrogen (secondary N) is 2. The van der Waals surface area contributed by atoms with Crippen LogP contribution in [0.25, 0.3) is 0 Å². The molecule has 110 valence electrons. The fourth-order valence-electron chi connectivity index (χ4n) is 1.86. The topological polar surface area (TPSA) is 61.4 Å². The second-order valence-corrected chi connectivity index (χ2v) is 6.38. The summed E-state index contributed by atoms with van der Waals surface area (Å²) < 4.78 is 0. The van der Waals surface area contributed by atoms with E-state index in [0.29, 0.717) is 12.3 Å². The van der Waals surface area contributed by atoms with Crippen LogP contribution in [0, 0.1) is 11.3 Å². The summed E-state index contributed by atoms with van der Waals surface area (Å²) in [5, 5.41) is 5.93. The van der Waals surface area contributed by atoms with Crippen molar-refractivity contribution in [1.82, 2.24) is 15.5 Å². The molecule has 1 atom stereocenters. The first-order valence-electron chi connectivity index (χ1n) is 7.06. The minimum Gasteiger partial charge on any atom is -0.347 e. The molecule has 1 unspecified atom stereocenters. The van der Waals surface area contributed by atoms with Crippen LogP contribution in [0.2, 0.25) is 0 Å². The Hall–Kier alpha value is -1.10. The van der Waals surface area contributed by atoms with Crippen LogP contribution in [0.4, 0.5) is 0 Å². The molecule has 5 heteroatoms. The number of amides is 2. The largest absolute Gasteiger partial charge is 0.347 e. The molecular weight excluding hydrogens is 242 g/mol. The fourth-order valence-corrected chi connectivity index (χ4v) is 1.86. The van der Waals surface area contributed by atoms with Crippen LogP contribution < -0.4 is 10.6 Å². The van der Waals surface area contributed by atoms with E-state index in [1.54, 1.807) is 4.90 Å². The smallest absolute Gasteiger partial charge is 0.242 e. The number of carbonyl (C=O) groups is 2. The van der Waals surface area contributed by atoms with Crippen molar-refractivity contribution in [2.24, 2.45) is 11.3 Å². The molecule has 0 spiro atoms. The molecule has 0 aromatic rings. The second kappa shape index (κ2) is 6.89. The lowest BCUT2D eigenvalue weighted by Gasteiger charge is -2.28. The monoisotopic (exact) mass is 269 g/mol. The predicted octanol–water partition coefficient (Wildman–Crippen LogP) is 0.607. The molecule has 1 aliphatic rings. The Balaban J connectivity index is 2.28. The minimum absolute atomic E-state index is 0.0123. The van der Waals surface area contributed by atoms with Gasteiger partial charge in [-0.2, -0.15) is 0 Å². The Kier molecular flexibility index (Phi) is 5.79. The van der Waals surface area contributed by atoms with Gasteiger partial charge in [0.25, 0.3) is 0 Å². The zero-order valence-corrected chi connectivity index (χ0v) is 12.6. The van der Waals surface area contributed by atoms with E-state index in [1.165, 1.54) is 0 Å². The normalized spacial score (nSPS) is 18.0. The van der Waals surface area contributed by atoms with Crippen molar-refractivity contribution < 1.29 is 9.59 Å². The van der Waals surface area contributed by atoms with Crippen LogP contribution in [-0.2, 0) is 9.59 Å². The summed E-state index contributed by atoms with van der Waals surface area (Å²) in [6.07, 6.45) is 0.471. The molecule has 1 heterocycles. The standard InChI is InChI=1S/C14H27N3O2/c1-11(14(2,3)4)9-12(18)16-10-13(19)17-7-5-15-6-8-17/h11,15H,5-10H2,1-4H3,(H,16,18). The van der Waals surface area contributed by atoms with Gasteiger partial charge in [0.15, 0.2) is 0 Å². The molecule has 1 rings (SSSR count). The number of piperazine rings is 1. The van der Waals surface area contributed by atoms with E-state index in [9.17, 15) is 9.59 Å². The third-order valence-electron chi connectivity index (χ3n) is 3.88. The van der Waals surface area contributed by atoms with Crippen LogP contribution in [0.3, 0.4) is 0 Å². The van der Waals surface area contributed by atoms with Crippen LogP contribution in [0.1, 0.15) is 34.1 Å². The van der Waals surface area contributed by atoms with Crippen LogP contribution in [-0.4, -0.2) is 49.4 Å². The number of carbonyl (C=O) groups excluding carboxylic acids is 2. The highest BCUT2D eigenvalue weighted by molar-refractivity contribution is 5.84. The van der Waals surface area contributed by atoms with E-state index in [1.807, 2.05) is 0 Å². The van der Waals surface area contributed by atoms with Gasteiger partial charge in [-0.3, -0.25) is 9.59 Å². The first-order chi connectivity index (χ1) is 8.80. The van der Waals surface area contributed by atoms with Crippen molar-refractivity contribution in [3.63, 3.8) is 0 Å². The molecule has 1 aliphatic heterocycles. The molecule has 0 aromatic heterocycles. The lowest BCUT2D eigenvalue weighted by Crippen LogP contribution is -2.49. The van der Waals surface area contributed by atoms with Crippen molar-refractivity contribution in [2.75, 3.05) is 32.7 Å². The third-order valence-corrected chi connectivity index (χ3v) is 3.88. The second-order valence-electron chi connectivity index (χ2n) is 6.38. The maximum absolute atomic E-state index is 11.9. The van der Waals surface area contributed by atoms with Gasteiger partial charge in [-0.15, -0.1) is 0 Å². The average molecular weight is 269 g/mol. The van der Waals surface area contributed by atoms with Gasteiger partial charge in [0.2, 0.25) is 11.8 Å². The molecule has 0 aliphatic carbocycles. The quantitative estimate of drug-likeness (QED) is 0.786. The summed E-state index contributed by atoms with van der Waals surface area (Å²) in [4.78, 5) is 25.5. The molecule has 0 aromatic carbocycles. The highest BCUT2D eigenvalue weighted by Crippen LogP contribution is 2.27. The van der Waals surface area contributed by atoms with Gasteiger partial charge in [-0.25, -0.2) is 0 Å². The SMILES string of the molecule is CC(CC(=O)NCC(=O)N1CCNCC1)C(C)(C)C. The Morgan fingerprint density at radius 2 is 1.84 bits per heavy atom. The zero-order valence-electron chi connectivity index (χ0n) is 12.6. The first-order valence-corrected chi connectivity index (χ1v) is 7.06. The fraction of sp³-hybridized carbons (Fsp3) is 0.857. The van der Waals surface area contributed by atoms with Crippen molar-refractivity contribution in [3.05, 3.63) is 0 Å². The van der Waals surface area contributed by atoms with E-state index in [4.69, 9.17) is 0 Å². The first kappa shape index (κ1) is 16.0. The summed E-state index contributed by atoms with van der Waals surface area (Å²) in [6.45, 7) is 11.7. The van der Waals surface area contributed by atoms with Gasteiger partial charge < -0.3 is 15.5 Å². The summed E-state index contributed by atoms with van der Waals surface area (Å²) in [7, 11) is 0. The zero-order chi connectivity index (χ0) is 14.5. The van der Waals surface area contributed by atoms with Crippen molar-refractivity contribution in [3.8, 4) is 0 Å². The molecule has 5 nitrogen and oxygen atoms in total. The summed E-state index contributed by atoms with van der Waals surface area (Å²) in [6, 6.07) is 0. The van der Waals surface area contributed by atoms with Gasteiger partial charge in [-0.1, -0.05) is 27.7 Å². The number of nitrogens with zero attached hydrogens (tertiary/aromatic N) is 1. The maximum atomic E-state index is 11.9. The Morgan fingerprint density at radius 1 is 1.26 bits per heavy atom. The molecule has 2 N–H and O–H groups in total. The third kappa shape index (κ3) is 5.59. The van der Waals surface area contributed by atoms with Gasteiger partial charge in [0, 0.05) is 32.6 Å². The van der Waals surface area contributed by atoms with E-state index >= 15 is 0 Å². The van der Waals surface area contributed by atoms with Gasteiger partial charge in [-0.05, 0) is 11.3 Å². The van der Waals surface area contributed by atoms with Crippen molar-refractivity contribution in [2.45, 2.75) is 34.1 Å². The van der Waals surface area contributed by atoms with Crippen LogP contribution in [0.5, 0.6) is 0 Å². The number of rotatable bonds is 4. The molecule has 1 saturated heterocycles. The summed E-state index contributed by atoms with van der Waals surface area (Å²) >= 11 is 0. The average Bonchev–Trinajstić information content (AvgIpc) is 2.35. The lowest BCUT2D eigenvalue weighted by molar-refractivity contribution is -0.133. The number of hydrogen-bond donors (Lipinski definition) is 2. The molecule has 0 bridgehead atoms. The molecule has 0 saturated carbocycles. The van der Waals surface area contributed by atoms with E-state index < -0.39 is 0 Å². The number of hydrogen-bond acceptors (Lipinski definition) is 3. The summed E-state index contributed by atoms with van der Waals surface area (Å²) in [5.41, 5.74) is 0.111. The van der Waals surface area contributed by atoms with Crippen LogP contribution in [0.15, 0.2) is 0 Å². The predicted molar refractivity (Wildman–Crippen MR) is 75.7 cm³/mol. The Labute approximate surface area is 116 Å². The van der Waals surface area contributed by atoms with Gasteiger partial charge in [0.05, 0.1) is 6.54 Å². The lowest BCUT2D eigenvalue weighted by atomic mass is 9.80. The summed E-state index contributed by atoms with van der Waals surface area (Å²) in [5.74, 6) is 0.269.